The molecule has 3 atom stereocenters. The van der Waals surface area contributed by atoms with E-state index in [4.69, 9.17) is 9.47 Å². The quantitative estimate of drug-likeness (QED) is 0.740. The normalized spacial score (nSPS) is 24.6. The number of hydrogen-bond acceptors (Lipinski definition) is 4. The summed E-state index contributed by atoms with van der Waals surface area (Å²) in [5.74, 6) is 0.712. The summed E-state index contributed by atoms with van der Waals surface area (Å²) in [5, 5.41) is 3.05. The van der Waals surface area contributed by atoms with Gasteiger partial charge in [0, 0.05) is 26.2 Å². The lowest BCUT2D eigenvalue weighted by Gasteiger charge is -2.31. The largest absolute Gasteiger partial charge is 0.376 e. The first kappa shape index (κ1) is 21.3. The maximum absolute atomic E-state index is 12.4. The summed E-state index contributed by atoms with van der Waals surface area (Å²) < 4.78 is 11.4. The van der Waals surface area contributed by atoms with Crippen LogP contribution in [0.2, 0.25) is 0 Å². The highest BCUT2D eigenvalue weighted by Crippen LogP contribution is 2.19. The van der Waals surface area contributed by atoms with Gasteiger partial charge in [-0.15, -0.1) is 0 Å². The first-order valence-corrected chi connectivity index (χ1v) is 10.9. The fraction of sp³-hybridized carbons (Fsp3) is 0.696. The van der Waals surface area contributed by atoms with E-state index in [1.54, 1.807) is 0 Å². The zero-order chi connectivity index (χ0) is 19.8. The van der Waals surface area contributed by atoms with Crippen LogP contribution in [-0.4, -0.2) is 49.3 Å². The van der Waals surface area contributed by atoms with Crippen LogP contribution >= 0.6 is 0 Å². The number of benzene rings is 1. The fourth-order valence-electron chi connectivity index (χ4n) is 4.15. The van der Waals surface area contributed by atoms with E-state index in [0.717, 1.165) is 38.5 Å². The molecule has 1 aromatic rings. The number of amides is 1. The van der Waals surface area contributed by atoms with Gasteiger partial charge < -0.3 is 14.8 Å². The van der Waals surface area contributed by atoms with Crippen LogP contribution in [0.5, 0.6) is 0 Å². The number of hydrogen-bond donors (Lipinski definition) is 1. The molecule has 2 saturated heterocycles. The Morgan fingerprint density at radius 2 is 2.07 bits per heavy atom. The Morgan fingerprint density at radius 3 is 2.82 bits per heavy atom. The molecule has 5 nitrogen and oxygen atoms in total. The maximum Gasteiger partial charge on any atom is 0.249 e. The lowest BCUT2D eigenvalue weighted by molar-refractivity contribution is -0.135. The number of nitrogens with zero attached hydrogens (tertiary/aromatic N) is 1. The van der Waals surface area contributed by atoms with Crippen molar-refractivity contribution in [1.82, 2.24) is 10.2 Å². The van der Waals surface area contributed by atoms with Crippen molar-refractivity contribution < 1.29 is 14.3 Å². The molecular weight excluding hydrogens is 352 g/mol. The molecule has 2 fully saturated rings. The SMILES string of the molecule is CC1CCCN(Cc2ccccc2CNC(=O)C(C)OCC2CCCCO2)C1. The van der Waals surface area contributed by atoms with Crippen molar-refractivity contribution in [3.05, 3.63) is 35.4 Å². The zero-order valence-electron chi connectivity index (χ0n) is 17.5. The molecule has 2 aliphatic rings. The minimum atomic E-state index is -0.458. The Hall–Kier alpha value is -1.43. The third-order valence-electron chi connectivity index (χ3n) is 5.88. The highest BCUT2D eigenvalue weighted by molar-refractivity contribution is 5.80. The van der Waals surface area contributed by atoms with Crippen molar-refractivity contribution in [2.45, 2.75) is 71.2 Å². The minimum Gasteiger partial charge on any atom is -0.376 e. The molecule has 2 aliphatic heterocycles. The first-order valence-electron chi connectivity index (χ1n) is 10.9. The number of nitrogens with one attached hydrogen (secondary N) is 1. The van der Waals surface area contributed by atoms with Crippen molar-refractivity contribution in [1.29, 1.82) is 0 Å². The summed E-state index contributed by atoms with van der Waals surface area (Å²) in [5.41, 5.74) is 2.50. The molecule has 28 heavy (non-hydrogen) atoms. The molecule has 1 N–H and O–H groups in total. The Labute approximate surface area is 169 Å². The van der Waals surface area contributed by atoms with E-state index in [1.165, 1.54) is 36.9 Å². The summed E-state index contributed by atoms with van der Waals surface area (Å²) >= 11 is 0. The number of piperidine rings is 1. The van der Waals surface area contributed by atoms with Gasteiger partial charge in [0.1, 0.15) is 6.10 Å². The molecule has 0 bridgehead atoms. The van der Waals surface area contributed by atoms with Gasteiger partial charge >= 0.3 is 0 Å². The smallest absolute Gasteiger partial charge is 0.249 e. The van der Waals surface area contributed by atoms with Gasteiger partial charge in [-0.1, -0.05) is 31.2 Å². The lowest BCUT2D eigenvalue weighted by Crippen LogP contribution is -2.37. The van der Waals surface area contributed by atoms with E-state index in [1.807, 2.05) is 13.0 Å². The van der Waals surface area contributed by atoms with Crippen LogP contribution in [0.1, 0.15) is 57.1 Å². The Kier molecular flexibility index (Phi) is 8.31. The van der Waals surface area contributed by atoms with Gasteiger partial charge in [-0.05, 0) is 62.6 Å². The lowest BCUT2D eigenvalue weighted by atomic mass is 9.99. The van der Waals surface area contributed by atoms with Gasteiger partial charge in [-0.3, -0.25) is 9.69 Å². The van der Waals surface area contributed by atoms with Crippen LogP contribution in [0.15, 0.2) is 24.3 Å². The monoisotopic (exact) mass is 388 g/mol. The van der Waals surface area contributed by atoms with Crippen molar-refractivity contribution in [2.75, 3.05) is 26.3 Å². The van der Waals surface area contributed by atoms with Crippen LogP contribution in [-0.2, 0) is 27.4 Å². The molecule has 5 heteroatoms. The second kappa shape index (κ2) is 10.9. The van der Waals surface area contributed by atoms with Crippen molar-refractivity contribution in [3.8, 4) is 0 Å². The van der Waals surface area contributed by atoms with Gasteiger partial charge in [0.05, 0.1) is 12.7 Å². The van der Waals surface area contributed by atoms with Crippen LogP contribution in [0, 0.1) is 5.92 Å². The molecule has 0 saturated carbocycles. The molecule has 0 radical (unpaired) electrons. The Balaban J connectivity index is 1.46. The predicted octanol–water partition coefficient (Wildman–Crippen LogP) is 3.51. The molecule has 0 aromatic heterocycles. The van der Waals surface area contributed by atoms with Crippen LogP contribution < -0.4 is 5.32 Å². The average molecular weight is 389 g/mol. The number of carbonyl (C=O) groups excluding carboxylic acids is 1. The summed E-state index contributed by atoms with van der Waals surface area (Å²) in [6.07, 6.45) is 5.62. The maximum atomic E-state index is 12.4. The van der Waals surface area contributed by atoms with Crippen molar-refractivity contribution >= 4 is 5.91 Å². The van der Waals surface area contributed by atoms with Crippen molar-refractivity contribution in [2.24, 2.45) is 5.92 Å². The third-order valence-corrected chi connectivity index (χ3v) is 5.88. The number of rotatable bonds is 8. The van der Waals surface area contributed by atoms with Gasteiger partial charge in [-0.2, -0.15) is 0 Å². The van der Waals surface area contributed by atoms with Crippen LogP contribution in [0.25, 0.3) is 0 Å². The fourth-order valence-corrected chi connectivity index (χ4v) is 4.15. The summed E-state index contributed by atoms with van der Waals surface area (Å²) in [6.45, 7) is 9.29. The van der Waals surface area contributed by atoms with E-state index in [0.29, 0.717) is 13.2 Å². The first-order chi connectivity index (χ1) is 13.6. The standard InChI is InChI=1S/C23H36N2O3/c1-18-8-7-12-25(15-18)16-21-10-4-3-9-20(21)14-24-23(26)19(2)28-17-22-11-5-6-13-27-22/h3-4,9-10,18-19,22H,5-8,11-17H2,1-2H3,(H,24,26). The summed E-state index contributed by atoms with van der Waals surface area (Å²) in [7, 11) is 0. The Morgan fingerprint density at radius 1 is 1.25 bits per heavy atom. The topological polar surface area (TPSA) is 50.8 Å². The molecule has 3 unspecified atom stereocenters. The predicted molar refractivity (Wildman–Crippen MR) is 111 cm³/mol. The van der Waals surface area contributed by atoms with Crippen molar-refractivity contribution in [3.63, 3.8) is 0 Å². The molecule has 2 heterocycles. The molecule has 156 valence electrons. The molecule has 0 spiro atoms. The van der Waals surface area contributed by atoms with E-state index in [9.17, 15) is 4.79 Å². The number of ether oxygens (including phenoxy) is 2. The highest BCUT2D eigenvalue weighted by Gasteiger charge is 2.20. The van der Waals surface area contributed by atoms with Gasteiger partial charge in [0.15, 0.2) is 0 Å². The number of carbonyl (C=O) groups is 1. The van der Waals surface area contributed by atoms with Gasteiger partial charge in [0.25, 0.3) is 0 Å². The average Bonchev–Trinajstić information content (AvgIpc) is 2.72. The van der Waals surface area contributed by atoms with E-state index in [2.05, 4.69) is 35.3 Å². The zero-order valence-corrected chi connectivity index (χ0v) is 17.5. The van der Waals surface area contributed by atoms with Crippen LogP contribution in [0.4, 0.5) is 0 Å². The number of likely N-dealkylation sites (tertiary alicyclic amines) is 1. The molecule has 1 amide bonds. The summed E-state index contributed by atoms with van der Waals surface area (Å²) in [6, 6.07) is 8.43. The van der Waals surface area contributed by atoms with Crippen LogP contribution in [0.3, 0.4) is 0 Å². The van der Waals surface area contributed by atoms with E-state index >= 15 is 0 Å². The highest BCUT2D eigenvalue weighted by atomic mass is 16.5. The van der Waals surface area contributed by atoms with E-state index in [-0.39, 0.29) is 12.0 Å². The Bertz CT molecular complexity index is 616. The molecular formula is C23H36N2O3. The van der Waals surface area contributed by atoms with E-state index < -0.39 is 6.10 Å². The third kappa shape index (κ3) is 6.57. The minimum absolute atomic E-state index is 0.0581. The second-order valence-corrected chi connectivity index (χ2v) is 8.43. The molecule has 0 aliphatic carbocycles. The van der Waals surface area contributed by atoms with Gasteiger partial charge in [-0.25, -0.2) is 0 Å². The summed E-state index contributed by atoms with van der Waals surface area (Å²) in [4.78, 5) is 15.0. The van der Waals surface area contributed by atoms with Gasteiger partial charge in [0.2, 0.25) is 5.91 Å². The molecule has 1 aromatic carbocycles. The second-order valence-electron chi connectivity index (χ2n) is 8.43. The molecule has 3 rings (SSSR count).